The first-order chi connectivity index (χ1) is 8.61. The summed E-state index contributed by atoms with van der Waals surface area (Å²) in [4.78, 5) is 26.2. The van der Waals surface area contributed by atoms with Crippen LogP contribution in [0.5, 0.6) is 5.75 Å². The SMILES string of the molecule is Cc1cc(=O)oc2c3c(c([N+]#N)cc12)OCC3=O. The molecule has 0 N–H and O–H groups in total. The summed E-state index contributed by atoms with van der Waals surface area (Å²) in [6.45, 7) is 1.57. The number of ether oxygens (including phenoxy) is 1. The Kier molecular flexibility index (Phi) is 1.98. The van der Waals surface area contributed by atoms with Gasteiger partial charge in [-0.2, -0.15) is 0 Å². The van der Waals surface area contributed by atoms with E-state index in [0.717, 1.165) is 0 Å². The lowest BCUT2D eigenvalue weighted by Crippen LogP contribution is -2.03. The van der Waals surface area contributed by atoms with Crippen LogP contribution in [0.4, 0.5) is 5.69 Å². The summed E-state index contributed by atoms with van der Waals surface area (Å²) in [5.41, 5.74) is 0.621. The zero-order chi connectivity index (χ0) is 12.9. The molecule has 0 atom stereocenters. The molecule has 88 valence electrons. The van der Waals surface area contributed by atoms with Gasteiger partial charge in [0.25, 0.3) is 0 Å². The van der Waals surface area contributed by atoms with Gasteiger partial charge < -0.3 is 9.15 Å². The summed E-state index contributed by atoms with van der Waals surface area (Å²) in [6, 6.07) is 2.83. The van der Waals surface area contributed by atoms with Gasteiger partial charge in [0, 0.05) is 17.5 Å². The van der Waals surface area contributed by atoms with Crippen LogP contribution in [0.15, 0.2) is 21.3 Å². The summed E-state index contributed by atoms with van der Waals surface area (Å²) in [6.07, 6.45) is 0. The fourth-order valence-corrected chi connectivity index (χ4v) is 2.10. The van der Waals surface area contributed by atoms with E-state index < -0.39 is 5.63 Å². The molecular weight excluding hydrogens is 236 g/mol. The largest absolute Gasteiger partial charge is 0.477 e. The summed E-state index contributed by atoms with van der Waals surface area (Å²) >= 11 is 0. The maximum atomic E-state index is 11.8. The number of diazo groups is 1. The smallest absolute Gasteiger partial charge is 0.427 e. The van der Waals surface area contributed by atoms with Crippen molar-refractivity contribution in [2.24, 2.45) is 0 Å². The molecule has 18 heavy (non-hydrogen) atoms. The summed E-state index contributed by atoms with van der Waals surface area (Å²) < 4.78 is 10.2. The van der Waals surface area contributed by atoms with Crippen LogP contribution >= 0.6 is 0 Å². The number of fused-ring (bicyclic) bond motifs is 3. The van der Waals surface area contributed by atoms with Crippen LogP contribution in [0.3, 0.4) is 0 Å². The fourth-order valence-electron chi connectivity index (χ4n) is 2.10. The third kappa shape index (κ3) is 1.24. The molecule has 0 amide bonds. The molecule has 0 aliphatic carbocycles. The van der Waals surface area contributed by atoms with E-state index in [0.29, 0.717) is 10.9 Å². The van der Waals surface area contributed by atoms with Crippen molar-refractivity contribution >= 4 is 22.4 Å². The Labute approximate surface area is 100 Å². The number of hydrogen-bond acceptors (Lipinski definition) is 5. The van der Waals surface area contributed by atoms with Crippen molar-refractivity contribution in [1.29, 1.82) is 5.39 Å². The highest BCUT2D eigenvalue weighted by molar-refractivity contribution is 6.13. The van der Waals surface area contributed by atoms with Gasteiger partial charge in [-0.25, -0.2) is 4.79 Å². The number of hydrogen-bond donors (Lipinski definition) is 0. The number of carbonyl (C=O) groups excluding carboxylic acids is 1. The lowest BCUT2D eigenvalue weighted by Gasteiger charge is -2.01. The number of nitrogens with zero attached hydrogens (tertiary/aromatic N) is 2. The van der Waals surface area contributed by atoms with Gasteiger partial charge in [0.1, 0.15) is 5.56 Å². The molecule has 6 heteroatoms. The van der Waals surface area contributed by atoms with E-state index in [9.17, 15) is 9.59 Å². The van der Waals surface area contributed by atoms with Crippen molar-refractivity contribution in [3.8, 4) is 5.75 Å². The molecule has 0 unspecified atom stereocenters. The second-order valence-corrected chi connectivity index (χ2v) is 4.04. The normalized spacial score (nSPS) is 13.2. The van der Waals surface area contributed by atoms with E-state index in [4.69, 9.17) is 14.5 Å². The van der Waals surface area contributed by atoms with Crippen LogP contribution in [0.25, 0.3) is 15.9 Å². The van der Waals surface area contributed by atoms with Gasteiger partial charge in [-0.15, -0.1) is 0 Å². The van der Waals surface area contributed by atoms with Gasteiger partial charge in [0.05, 0.1) is 0 Å². The minimum Gasteiger partial charge on any atom is -0.477 e. The first kappa shape index (κ1) is 10.5. The van der Waals surface area contributed by atoms with E-state index in [1.54, 1.807) is 6.92 Å². The molecule has 2 heterocycles. The third-order valence-corrected chi connectivity index (χ3v) is 2.91. The quantitative estimate of drug-likeness (QED) is 0.522. The van der Waals surface area contributed by atoms with Gasteiger partial charge in [-0.05, 0) is 12.5 Å². The molecule has 0 saturated carbocycles. The molecule has 0 saturated heterocycles. The Hall–Kier alpha value is -2.68. The van der Waals surface area contributed by atoms with Crippen LogP contribution in [-0.2, 0) is 0 Å². The number of rotatable bonds is 0. The molecule has 0 fully saturated rings. The van der Waals surface area contributed by atoms with Crippen molar-refractivity contribution in [1.82, 2.24) is 0 Å². The molecule has 0 radical (unpaired) electrons. The van der Waals surface area contributed by atoms with Crippen molar-refractivity contribution in [3.63, 3.8) is 0 Å². The minimum absolute atomic E-state index is 0.144. The Balaban J connectivity index is 2.59. The number of Topliss-reactive ketones (excluding diaryl/α,β-unsaturated/α-hetero) is 1. The lowest BCUT2D eigenvalue weighted by atomic mass is 10.0. The number of aryl methyl sites for hydroxylation is 1. The average Bonchev–Trinajstić information content (AvgIpc) is 2.71. The second kappa shape index (κ2) is 3.40. The zero-order valence-electron chi connectivity index (χ0n) is 9.39. The van der Waals surface area contributed by atoms with E-state index >= 15 is 0 Å². The standard InChI is InChI=1S/C12H7N2O4/c1-5-2-9(16)18-11-6(5)3-7(14-13)12-10(11)8(15)4-17-12/h2-3H,4H2,1H3/q+1. The van der Waals surface area contributed by atoms with E-state index in [2.05, 4.69) is 4.98 Å². The highest BCUT2D eigenvalue weighted by atomic mass is 16.5. The summed E-state index contributed by atoms with van der Waals surface area (Å²) in [5.74, 6) is -0.141. The Morgan fingerprint density at radius 3 is 2.83 bits per heavy atom. The van der Waals surface area contributed by atoms with E-state index in [1.165, 1.54) is 12.1 Å². The first-order valence-electron chi connectivity index (χ1n) is 5.24. The zero-order valence-corrected chi connectivity index (χ0v) is 9.39. The topological polar surface area (TPSA) is 84.7 Å². The maximum absolute atomic E-state index is 11.8. The second-order valence-electron chi connectivity index (χ2n) is 4.04. The van der Waals surface area contributed by atoms with Crippen LogP contribution < -0.4 is 10.4 Å². The van der Waals surface area contributed by atoms with Gasteiger partial charge in [-0.1, -0.05) is 0 Å². The van der Waals surface area contributed by atoms with Gasteiger partial charge >= 0.3 is 11.3 Å². The number of ketones is 1. The van der Waals surface area contributed by atoms with E-state index in [-0.39, 0.29) is 35.0 Å². The molecule has 0 bridgehead atoms. The van der Waals surface area contributed by atoms with Gasteiger partial charge in [0.15, 0.2) is 17.2 Å². The molecule has 1 aliphatic heterocycles. The molecule has 0 spiro atoms. The molecule has 6 nitrogen and oxygen atoms in total. The third-order valence-electron chi connectivity index (χ3n) is 2.91. The van der Waals surface area contributed by atoms with E-state index in [1.807, 2.05) is 0 Å². The van der Waals surface area contributed by atoms with Crippen molar-refractivity contribution < 1.29 is 13.9 Å². The van der Waals surface area contributed by atoms with Crippen molar-refractivity contribution in [2.75, 3.05) is 6.61 Å². The van der Waals surface area contributed by atoms with Crippen LogP contribution in [0.2, 0.25) is 0 Å². The summed E-state index contributed by atoms with van der Waals surface area (Å²) in [7, 11) is 0. The average molecular weight is 243 g/mol. The predicted molar refractivity (Wildman–Crippen MR) is 61.8 cm³/mol. The van der Waals surface area contributed by atoms with Crippen molar-refractivity contribution in [3.05, 3.63) is 38.7 Å². The lowest BCUT2D eigenvalue weighted by molar-refractivity contribution is 0.0961. The number of carbonyl (C=O) groups is 1. The molecule has 1 aromatic carbocycles. The molecule has 3 rings (SSSR count). The van der Waals surface area contributed by atoms with Crippen molar-refractivity contribution in [2.45, 2.75) is 6.92 Å². The first-order valence-corrected chi connectivity index (χ1v) is 5.24. The fraction of sp³-hybridized carbons (Fsp3) is 0.167. The molecular formula is C12H7N2O4+. The highest BCUT2D eigenvalue weighted by Gasteiger charge is 2.34. The minimum atomic E-state index is -0.532. The maximum Gasteiger partial charge on any atom is 0.427 e. The van der Waals surface area contributed by atoms with Crippen LogP contribution in [-0.4, -0.2) is 12.4 Å². The predicted octanol–water partition coefficient (Wildman–Crippen LogP) is 2.16. The Bertz CT molecular complexity index is 798. The van der Waals surface area contributed by atoms with Gasteiger partial charge in [-0.3, -0.25) is 4.79 Å². The monoisotopic (exact) mass is 243 g/mol. The summed E-state index contributed by atoms with van der Waals surface area (Å²) in [5, 5.41) is 9.49. The molecule has 2 aromatic rings. The van der Waals surface area contributed by atoms with Crippen LogP contribution in [0, 0.1) is 12.3 Å². The number of benzene rings is 1. The van der Waals surface area contributed by atoms with Gasteiger partial charge in [0.2, 0.25) is 16.9 Å². The Morgan fingerprint density at radius 1 is 1.33 bits per heavy atom. The molecule has 1 aromatic heterocycles. The van der Waals surface area contributed by atoms with Crippen LogP contribution in [0.1, 0.15) is 15.9 Å². The molecule has 1 aliphatic rings. The highest BCUT2D eigenvalue weighted by Crippen LogP contribution is 2.41. The Morgan fingerprint density at radius 2 is 2.11 bits per heavy atom.